The fraction of sp³-hybridized carbons (Fsp3) is 0.286. The van der Waals surface area contributed by atoms with Gasteiger partial charge in [0.15, 0.2) is 6.61 Å². The van der Waals surface area contributed by atoms with Gasteiger partial charge < -0.3 is 20.5 Å². The second-order valence-corrected chi connectivity index (χ2v) is 4.83. The van der Waals surface area contributed by atoms with Gasteiger partial charge in [-0.2, -0.15) is 0 Å². The average molecular weight is 276 g/mol. The molecule has 0 radical (unpaired) electrons. The molecule has 0 spiro atoms. The lowest BCUT2D eigenvalue weighted by atomic mass is 10.0. The van der Waals surface area contributed by atoms with Gasteiger partial charge in [0.25, 0.3) is 5.91 Å². The zero-order chi connectivity index (χ0) is 14.8. The van der Waals surface area contributed by atoms with Crippen LogP contribution < -0.4 is 15.4 Å². The SMILES string of the molecule is C=C[C@](C)(O)CC(=O)Nc1ccc2c(c1)OCC(=O)N2. The predicted molar refractivity (Wildman–Crippen MR) is 74.6 cm³/mol. The average Bonchev–Trinajstić information content (AvgIpc) is 2.38. The first-order valence-electron chi connectivity index (χ1n) is 6.12. The standard InChI is InChI=1S/C14H16N2O4/c1-3-14(2,19)7-12(17)15-9-4-5-10-11(6-9)20-8-13(18)16-10/h3-6,19H,1,7-8H2,2H3,(H,15,17)(H,16,18)/t14-/m0/s1. The van der Waals surface area contributed by atoms with Crippen molar-refractivity contribution in [3.05, 3.63) is 30.9 Å². The number of fused-ring (bicyclic) bond motifs is 1. The summed E-state index contributed by atoms with van der Waals surface area (Å²) in [7, 11) is 0. The molecule has 1 aliphatic heterocycles. The summed E-state index contributed by atoms with van der Waals surface area (Å²) < 4.78 is 5.25. The number of benzene rings is 1. The lowest BCUT2D eigenvalue weighted by Gasteiger charge is -2.20. The highest BCUT2D eigenvalue weighted by molar-refractivity contribution is 5.97. The minimum atomic E-state index is -1.25. The van der Waals surface area contributed by atoms with Crippen LogP contribution in [0.25, 0.3) is 0 Å². The fourth-order valence-electron chi connectivity index (χ4n) is 1.75. The molecule has 0 fully saturated rings. The Hall–Kier alpha value is -2.34. The van der Waals surface area contributed by atoms with Crippen LogP contribution in [0, 0.1) is 0 Å². The Kier molecular flexibility index (Phi) is 3.76. The first-order valence-corrected chi connectivity index (χ1v) is 6.12. The van der Waals surface area contributed by atoms with Crippen LogP contribution in [0.5, 0.6) is 5.75 Å². The van der Waals surface area contributed by atoms with E-state index in [2.05, 4.69) is 17.2 Å². The van der Waals surface area contributed by atoms with Crippen molar-refractivity contribution in [3.8, 4) is 5.75 Å². The molecule has 0 saturated carbocycles. The van der Waals surface area contributed by atoms with Crippen molar-refractivity contribution in [2.24, 2.45) is 0 Å². The van der Waals surface area contributed by atoms with E-state index in [1.54, 1.807) is 18.2 Å². The first kappa shape index (κ1) is 14.1. The van der Waals surface area contributed by atoms with Crippen molar-refractivity contribution in [2.75, 3.05) is 17.2 Å². The third kappa shape index (κ3) is 3.36. The summed E-state index contributed by atoms with van der Waals surface area (Å²) in [5.41, 5.74) is -0.148. The summed E-state index contributed by atoms with van der Waals surface area (Å²) in [6.45, 7) is 4.93. The normalized spacial score (nSPS) is 16.2. The third-order valence-electron chi connectivity index (χ3n) is 2.86. The first-order chi connectivity index (χ1) is 9.39. The fourth-order valence-corrected chi connectivity index (χ4v) is 1.75. The van der Waals surface area contributed by atoms with Crippen LogP contribution in [-0.2, 0) is 9.59 Å². The number of nitrogens with one attached hydrogen (secondary N) is 2. The zero-order valence-electron chi connectivity index (χ0n) is 11.1. The lowest BCUT2D eigenvalue weighted by Crippen LogP contribution is -2.28. The Morgan fingerprint density at radius 1 is 1.65 bits per heavy atom. The zero-order valence-corrected chi connectivity index (χ0v) is 11.1. The molecule has 6 nitrogen and oxygen atoms in total. The van der Waals surface area contributed by atoms with E-state index < -0.39 is 5.60 Å². The maximum atomic E-state index is 11.8. The number of anilines is 2. The Morgan fingerprint density at radius 3 is 3.10 bits per heavy atom. The van der Waals surface area contributed by atoms with Crippen LogP contribution in [0.1, 0.15) is 13.3 Å². The van der Waals surface area contributed by atoms with Gasteiger partial charge in [0.2, 0.25) is 5.91 Å². The molecule has 3 N–H and O–H groups in total. The monoisotopic (exact) mass is 276 g/mol. The maximum Gasteiger partial charge on any atom is 0.262 e. The summed E-state index contributed by atoms with van der Waals surface area (Å²) >= 11 is 0. The maximum absolute atomic E-state index is 11.8. The molecule has 1 aromatic carbocycles. The van der Waals surface area contributed by atoms with Crippen molar-refractivity contribution in [3.63, 3.8) is 0 Å². The summed E-state index contributed by atoms with van der Waals surface area (Å²) in [5.74, 6) is -0.0520. The molecular weight excluding hydrogens is 260 g/mol. The number of ether oxygens (including phenoxy) is 1. The van der Waals surface area contributed by atoms with Crippen molar-refractivity contribution >= 4 is 23.2 Å². The van der Waals surface area contributed by atoms with Gasteiger partial charge >= 0.3 is 0 Å². The molecule has 6 heteroatoms. The second-order valence-electron chi connectivity index (χ2n) is 4.83. The van der Waals surface area contributed by atoms with Gasteiger partial charge in [-0.1, -0.05) is 6.08 Å². The van der Waals surface area contributed by atoms with Gasteiger partial charge in [-0.05, 0) is 19.1 Å². The number of carbonyl (C=O) groups excluding carboxylic acids is 2. The molecule has 0 unspecified atom stereocenters. The van der Waals surface area contributed by atoms with Crippen LogP contribution in [0.3, 0.4) is 0 Å². The molecule has 0 aliphatic carbocycles. The van der Waals surface area contributed by atoms with Crippen LogP contribution in [0.15, 0.2) is 30.9 Å². The molecular formula is C14H16N2O4. The van der Waals surface area contributed by atoms with Crippen LogP contribution >= 0.6 is 0 Å². The lowest BCUT2D eigenvalue weighted by molar-refractivity contribution is -0.119. The molecule has 1 aliphatic rings. The largest absolute Gasteiger partial charge is 0.482 e. The van der Waals surface area contributed by atoms with Gasteiger partial charge in [-0.15, -0.1) is 6.58 Å². The number of rotatable bonds is 4. The van der Waals surface area contributed by atoms with Crippen molar-refractivity contribution in [2.45, 2.75) is 18.9 Å². The smallest absolute Gasteiger partial charge is 0.262 e. The Bertz CT molecular complexity index is 566. The highest BCUT2D eigenvalue weighted by Gasteiger charge is 2.21. The molecule has 106 valence electrons. The highest BCUT2D eigenvalue weighted by Crippen LogP contribution is 2.30. The molecule has 2 rings (SSSR count). The highest BCUT2D eigenvalue weighted by atomic mass is 16.5. The molecule has 0 aromatic heterocycles. The van der Waals surface area contributed by atoms with Crippen LogP contribution in [-0.4, -0.2) is 29.1 Å². The van der Waals surface area contributed by atoms with Crippen molar-refractivity contribution < 1.29 is 19.4 Å². The van der Waals surface area contributed by atoms with E-state index in [1.165, 1.54) is 13.0 Å². The Labute approximate surface area is 116 Å². The number of carbonyl (C=O) groups is 2. The Morgan fingerprint density at radius 2 is 2.40 bits per heavy atom. The van der Waals surface area contributed by atoms with Gasteiger partial charge in [-0.3, -0.25) is 9.59 Å². The number of amides is 2. The molecule has 20 heavy (non-hydrogen) atoms. The quantitative estimate of drug-likeness (QED) is 0.723. The molecule has 1 atom stereocenters. The van der Waals surface area contributed by atoms with E-state index >= 15 is 0 Å². The van der Waals surface area contributed by atoms with Gasteiger partial charge in [-0.25, -0.2) is 0 Å². The molecule has 0 saturated heterocycles. The van der Waals surface area contributed by atoms with Gasteiger partial charge in [0, 0.05) is 11.8 Å². The van der Waals surface area contributed by atoms with E-state index in [0.29, 0.717) is 17.1 Å². The van der Waals surface area contributed by atoms with E-state index in [9.17, 15) is 14.7 Å². The predicted octanol–water partition coefficient (Wildman–Crippen LogP) is 1.28. The molecule has 1 heterocycles. The summed E-state index contributed by atoms with van der Waals surface area (Å²) in [6.07, 6.45) is 1.23. The van der Waals surface area contributed by atoms with Crippen molar-refractivity contribution in [1.82, 2.24) is 0 Å². The van der Waals surface area contributed by atoms with E-state index in [1.807, 2.05) is 0 Å². The van der Waals surface area contributed by atoms with E-state index in [4.69, 9.17) is 4.74 Å². The van der Waals surface area contributed by atoms with Crippen molar-refractivity contribution in [1.29, 1.82) is 0 Å². The topological polar surface area (TPSA) is 87.7 Å². The van der Waals surface area contributed by atoms with Crippen LogP contribution in [0.2, 0.25) is 0 Å². The van der Waals surface area contributed by atoms with Gasteiger partial charge in [0.05, 0.1) is 17.7 Å². The second kappa shape index (κ2) is 5.34. The minimum Gasteiger partial charge on any atom is -0.482 e. The molecule has 1 aromatic rings. The van der Waals surface area contributed by atoms with Crippen LogP contribution in [0.4, 0.5) is 11.4 Å². The number of hydrogen-bond acceptors (Lipinski definition) is 4. The van der Waals surface area contributed by atoms with E-state index in [-0.39, 0.29) is 24.8 Å². The summed E-state index contributed by atoms with van der Waals surface area (Å²) in [6, 6.07) is 4.91. The minimum absolute atomic E-state index is 0.0461. The molecule has 0 bridgehead atoms. The number of hydrogen-bond donors (Lipinski definition) is 3. The van der Waals surface area contributed by atoms with E-state index in [0.717, 1.165) is 0 Å². The van der Waals surface area contributed by atoms with Gasteiger partial charge in [0.1, 0.15) is 5.75 Å². The summed E-state index contributed by atoms with van der Waals surface area (Å²) in [4.78, 5) is 22.9. The third-order valence-corrected chi connectivity index (χ3v) is 2.86. The molecule has 2 amide bonds. The number of aliphatic hydroxyl groups is 1. The Balaban J connectivity index is 2.06. The summed E-state index contributed by atoms with van der Waals surface area (Å²) in [5, 5.41) is 15.1.